The highest BCUT2D eigenvalue weighted by Crippen LogP contribution is 2.36. The number of aromatic nitrogens is 2. The van der Waals surface area contributed by atoms with E-state index in [4.69, 9.17) is 9.72 Å². The number of anilines is 1. The Morgan fingerprint density at radius 3 is 2.86 bits per heavy atom. The van der Waals surface area contributed by atoms with Crippen LogP contribution in [0.1, 0.15) is 55.8 Å². The van der Waals surface area contributed by atoms with Gasteiger partial charge in [0.2, 0.25) is 5.91 Å². The quantitative estimate of drug-likeness (QED) is 0.495. The van der Waals surface area contributed by atoms with E-state index in [0.717, 1.165) is 67.4 Å². The molecule has 1 N–H and O–H groups in total. The summed E-state index contributed by atoms with van der Waals surface area (Å²) in [5, 5.41) is 3.69. The van der Waals surface area contributed by atoms with Crippen molar-refractivity contribution < 1.29 is 9.53 Å². The number of benzene rings is 1. The molecule has 1 saturated heterocycles. The first kappa shape index (κ1) is 24.0. The largest absolute Gasteiger partial charge is 0.491 e. The molecule has 1 amide bonds. The van der Waals surface area contributed by atoms with Gasteiger partial charge in [0.1, 0.15) is 22.9 Å². The first-order valence-electron chi connectivity index (χ1n) is 12.8. The smallest absolute Gasteiger partial charge is 0.263 e. The number of fused-ring (bicyclic) bond motifs is 3. The number of nitrogens with one attached hydrogen (secondary N) is 1. The van der Waals surface area contributed by atoms with E-state index >= 15 is 0 Å². The highest BCUT2D eigenvalue weighted by atomic mass is 32.1. The number of aryl methyl sites for hydroxylation is 1. The lowest BCUT2D eigenvalue weighted by atomic mass is 9.89. The van der Waals surface area contributed by atoms with Crippen molar-refractivity contribution in [2.24, 2.45) is 5.92 Å². The van der Waals surface area contributed by atoms with Gasteiger partial charge in [-0.15, -0.1) is 11.3 Å². The first-order valence-corrected chi connectivity index (χ1v) is 13.6. The van der Waals surface area contributed by atoms with Crippen molar-refractivity contribution in [2.45, 2.75) is 65.5 Å². The Morgan fingerprint density at radius 2 is 2.06 bits per heavy atom. The van der Waals surface area contributed by atoms with E-state index in [1.807, 2.05) is 31.2 Å². The second kappa shape index (κ2) is 10.5. The van der Waals surface area contributed by atoms with Crippen LogP contribution in [0.4, 0.5) is 5.69 Å². The van der Waals surface area contributed by atoms with Gasteiger partial charge in [0.05, 0.1) is 24.2 Å². The van der Waals surface area contributed by atoms with Gasteiger partial charge in [0.25, 0.3) is 5.56 Å². The molecule has 0 radical (unpaired) electrons. The number of carbonyl (C=O) groups excluding carboxylic acids is 1. The summed E-state index contributed by atoms with van der Waals surface area (Å²) in [5.41, 5.74) is 1.69. The normalized spacial score (nSPS) is 18.1. The average Bonchev–Trinajstić information content (AvgIpc) is 3.48. The summed E-state index contributed by atoms with van der Waals surface area (Å²) in [6, 6.07) is 7.43. The predicted molar refractivity (Wildman–Crippen MR) is 140 cm³/mol. The standard InChI is InChI=1S/C27H34N4O3S/c1-3-14-34-21-9-5-4-8-20(21)28-24(32)17-31-23(16-30-12-6-7-13-30)29-26-25(27(31)33)19-11-10-18(2)15-22(19)35-26/h4-5,8-9,18H,3,6-7,10-17H2,1-2H3,(H,28,32)/t18-/m1/s1. The minimum Gasteiger partial charge on any atom is -0.491 e. The third-order valence-corrected chi connectivity index (χ3v) is 8.13. The number of hydrogen-bond acceptors (Lipinski definition) is 6. The summed E-state index contributed by atoms with van der Waals surface area (Å²) >= 11 is 1.67. The molecule has 0 unspecified atom stereocenters. The predicted octanol–water partition coefficient (Wildman–Crippen LogP) is 4.61. The van der Waals surface area contributed by atoms with Crippen LogP contribution in [-0.4, -0.2) is 40.1 Å². The van der Waals surface area contributed by atoms with Crippen molar-refractivity contribution in [1.82, 2.24) is 14.5 Å². The minimum absolute atomic E-state index is 0.0614. The number of likely N-dealkylation sites (tertiary alicyclic amines) is 1. The second-order valence-electron chi connectivity index (χ2n) is 9.83. The lowest BCUT2D eigenvalue weighted by Gasteiger charge is -2.19. The molecule has 35 heavy (non-hydrogen) atoms. The fraction of sp³-hybridized carbons (Fsp3) is 0.519. The van der Waals surface area contributed by atoms with E-state index in [-0.39, 0.29) is 18.0 Å². The van der Waals surface area contributed by atoms with Crippen LogP contribution in [0.15, 0.2) is 29.1 Å². The van der Waals surface area contributed by atoms with Gasteiger partial charge < -0.3 is 10.1 Å². The van der Waals surface area contributed by atoms with E-state index in [2.05, 4.69) is 17.1 Å². The third-order valence-electron chi connectivity index (χ3n) is 6.98. The zero-order valence-corrected chi connectivity index (χ0v) is 21.5. The molecule has 2 aromatic heterocycles. The maximum Gasteiger partial charge on any atom is 0.263 e. The van der Waals surface area contributed by atoms with Crippen LogP contribution < -0.4 is 15.6 Å². The third kappa shape index (κ3) is 5.14. The van der Waals surface area contributed by atoms with Gasteiger partial charge in [-0.05, 0) is 75.2 Å². The Bertz CT molecular complexity index is 1280. The molecule has 1 atom stereocenters. The van der Waals surface area contributed by atoms with Gasteiger partial charge in [-0.1, -0.05) is 26.0 Å². The minimum atomic E-state index is -0.249. The molecule has 3 aromatic rings. The fourth-order valence-electron chi connectivity index (χ4n) is 5.13. The molecule has 8 heteroatoms. The number of carbonyl (C=O) groups is 1. The van der Waals surface area contributed by atoms with Crippen LogP contribution in [0.25, 0.3) is 10.2 Å². The summed E-state index contributed by atoms with van der Waals surface area (Å²) in [7, 11) is 0. The van der Waals surface area contributed by atoms with Gasteiger partial charge >= 0.3 is 0 Å². The molecule has 186 valence electrons. The highest BCUT2D eigenvalue weighted by Gasteiger charge is 2.26. The summed E-state index contributed by atoms with van der Waals surface area (Å²) in [5.74, 6) is 1.70. The molecule has 3 heterocycles. The van der Waals surface area contributed by atoms with E-state index in [0.29, 0.717) is 36.3 Å². The lowest BCUT2D eigenvalue weighted by molar-refractivity contribution is -0.116. The molecule has 7 nitrogen and oxygen atoms in total. The molecule has 1 aliphatic carbocycles. The molecule has 0 saturated carbocycles. The van der Waals surface area contributed by atoms with Crippen LogP contribution in [0.5, 0.6) is 5.75 Å². The van der Waals surface area contributed by atoms with Crippen LogP contribution in [0.2, 0.25) is 0 Å². The van der Waals surface area contributed by atoms with Crippen LogP contribution in [-0.2, 0) is 30.7 Å². The SMILES string of the molecule is CCCOc1ccccc1NC(=O)Cn1c(CN2CCCC2)nc2sc3c(c2c1=O)CC[C@@H](C)C3. The lowest BCUT2D eigenvalue weighted by Crippen LogP contribution is -2.34. The molecule has 0 spiro atoms. The monoisotopic (exact) mass is 494 g/mol. The zero-order valence-electron chi connectivity index (χ0n) is 20.6. The summed E-state index contributed by atoms with van der Waals surface area (Å²) < 4.78 is 7.40. The van der Waals surface area contributed by atoms with Crippen LogP contribution in [0, 0.1) is 5.92 Å². The molecular weight excluding hydrogens is 460 g/mol. The van der Waals surface area contributed by atoms with Crippen LogP contribution in [0.3, 0.4) is 0 Å². The van der Waals surface area contributed by atoms with Gasteiger partial charge in [-0.25, -0.2) is 4.98 Å². The van der Waals surface area contributed by atoms with Gasteiger partial charge in [0.15, 0.2) is 0 Å². The molecule has 2 aliphatic rings. The van der Waals surface area contributed by atoms with Crippen molar-refractivity contribution in [1.29, 1.82) is 0 Å². The number of ether oxygens (including phenoxy) is 1. The summed E-state index contributed by atoms with van der Waals surface area (Å²) in [6.07, 6.45) is 6.20. The number of thiophene rings is 1. The van der Waals surface area contributed by atoms with E-state index in [1.54, 1.807) is 15.9 Å². The Balaban J connectivity index is 1.48. The van der Waals surface area contributed by atoms with Crippen molar-refractivity contribution in [3.05, 3.63) is 50.9 Å². The number of rotatable bonds is 8. The molecule has 5 rings (SSSR count). The van der Waals surface area contributed by atoms with E-state index in [1.165, 1.54) is 4.88 Å². The Kier molecular flexibility index (Phi) is 7.20. The topological polar surface area (TPSA) is 76.5 Å². The number of hydrogen-bond donors (Lipinski definition) is 1. The Labute approximate surface area is 210 Å². The fourth-order valence-corrected chi connectivity index (χ4v) is 6.52. The second-order valence-corrected chi connectivity index (χ2v) is 10.9. The molecule has 1 aromatic carbocycles. The Morgan fingerprint density at radius 1 is 1.26 bits per heavy atom. The maximum absolute atomic E-state index is 13.8. The van der Waals surface area contributed by atoms with Crippen LogP contribution >= 0.6 is 11.3 Å². The average molecular weight is 495 g/mol. The summed E-state index contributed by atoms with van der Waals surface area (Å²) in [6.45, 7) is 7.42. The zero-order chi connectivity index (χ0) is 24.4. The first-order chi connectivity index (χ1) is 17.0. The van der Waals surface area contributed by atoms with Gasteiger partial charge in [-0.3, -0.25) is 19.1 Å². The molecular formula is C27H34N4O3S. The van der Waals surface area contributed by atoms with Crippen molar-refractivity contribution >= 4 is 33.1 Å². The molecule has 0 bridgehead atoms. The number of amides is 1. The van der Waals surface area contributed by atoms with E-state index in [9.17, 15) is 9.59 Å². The van der Waals surface area contributed by atoms with Gasteiger partial charge in [0, 0.05) is 4.88 Å². The molecule has 1 aliphatic heterocycles. The number of nitrogens with zero attached hydrogens (tertiary/aromatic N) is 3. The van der Waals surface area contributed by atoms with Crippen molar-refractivity contribution in [3.63, 3.8) is 0 Å². The van der Waals surface area contributed by atoms with Crippen molar-refractivity contribution in [2.75, 3.05) is 25.0 Å². The number of para-hydroxylation sites is 2. The highest BCUT2D eigenvalue weighted by molar-refractivity contribution is 7.18. The van der Waals surface area contributed by atoms with Gasteiger partial charge in [-0.2, -0.15) is 0 Å². The molecule has 1 fully saturated rings. The Hall–Kier alpha value is -2.71. The maximum atomic E-state index is 13.8. The van der Waals surface area contributed by atoms with E-state index < -0.39 is 0 Å². The van der Waals surface area contributed by atoms with Crippen molar-refractivity contribution in [3.8, 4) is 5.75 Å². The summed E-state index contributed by atoms with van der Waals surface area (Å²) in [4.78, 5) is 36.5.